The van der Waals surface area contributed by atoms with Gasteiger partial charge in [0.15, 0.2) is 0 Å². The molecule has 4 N–H and O–H groups in total. The van der Waals surface area contributed by atoms with Gasteiger partial charge in [-0.05, 0) is 54.5 Å². The van der Waals surface area contributed by atoms with Gasteiger partial charge in [0.1, 0.15) is 22.6 Å². The fourth-order valence-corrected chi connectivity index (χ4v) is 3.44. The average Bonchev–Trinajstić information content (AvgIpc) is 3.44. The molecule has 31 heavy (non-hydrogen) atoms. The number of fused-ring (bicyclic) bond motifs is 3. The van der Waals surface area contributed by atoms with Crippen molar-refractivity contribution in [1.29, 1.82) is 0 Å². The number of rotatable bonds is 5. The van der Waals surface area contributed by atoms with E-state index in [-0.39, 0.29) is 0 Å². The summed E-state index contributed by atoms with van der Waals surface area (Å²) in [5.74, 6) is 1.06. The van der Waals surface area contributed by atoms with Crippen molar-refractivity contribution in [3.05, 3.63) is 71.6 Å². The number of hydrogen-bond acceptors (Lipinski definition) is 8. The fourth-order valence-electron chi connectivity index (χ4n) is 3.44. The molecule has 0 saturated carbocycles. The van der Waals surface area contributed by atoms with Gasteiger partial charge in [-0.15, -0.1) is 0 Å². The van der Waals surface area contributed by atoms with Gasteiger partial charge in [0.25, 0.3) is 5.89 Å². The van der Waals surface area contributed by atoms with Crippen LogP contribution in [0.4, 0.5) is 0 Å². The molecule has 0 amide bonds. The molecule has 2 bridgehead atoms. The molecule has 156 valence electrons. The Kier molecular flexibility index (Phi) is 4.74. The van der Waals surface area contributed by atoms with Crippen molar-refractivity contribution in [2.24, 2.45) is 5.73 Å². The molecule has 3 heterocycles. The maximum atomic E-state index is 9.51. The predicted molar refractivity (Wildman–Crippen MR) is 115 cm³/mol. The van der Waals surface area contributed by atoms with E-state index in [1.165, 1.54) is 0 Å². The van der Waals surface area contributed by atoms with Crippen molar-refractivity contribution in [2.75, 3.05) is 13.2 Å². The van der Waals surface area contributed by atoms with Crippen molar-refractivity contribution in [3.63, 3.8) is 0 Å². The minimum atomic E-state index is -1.35. The van der Waals surface area contributed by atoms with Gasteiger partial charge in [-0.25, -0.2) is 4.98 Å². The van der Waals surface area contributed by atoms with E-state index in [1.807, 2.05) is 42.5 Å². The van der Waals surface area contributed by atoms with Gasteiger partial charge < -0.3 is 24.9 Å². The number of benzene rings is 1. The summed E-state index contributed by atoms with van der Waals surface area (Å²) in [5.41, 5.74) is 8.54. The largest absolute Gasteiger partial charge is 0.459 e. The number of furan rings is 1. The highest BCUT2D eigenvalue weighted by molar-refractivity contribution is 5.83. The maximum Gasteiger partial charge on any atom is 0.276 e. The lowest BCUT2D eigenvalue weighted by Crippen LogP contribution is -2.43. The Hall–Kier alpha value is -3.59. The predicted octanol–water partition coefficient (Wildman–Crippen LogP) is 2.81. The molecule has 8 nitrogen and oxygen atoms in total. The first kappa shape index (κ1) is 19.4. The van der Waals surface area contributed by atoms with Crippen molar-refractivity contribution < 1.29 is 19.2 Å². The summed E-state index contributed by atoms with van der Waals surface area (Å²) in [7, 11) is 0. The number of aliphatic hydroxyl groups excluding tert-OH is 2. The Morgan fingerprint density at radius 1 is 1.03 bits per heavy atom. The number of nitrogens with zero attached hydrogens (tertiary/aromatic N) is 3. The lowest BCUT2D eigenvalue weighted by molar-refractivity contribution is 0.105. The number of aromatic nitrogens is 3. The van der Waals surface area contributed by atoms with Crippen LogP contribution < -0.4 is 5.73 Å². The summed E-state index contributed by atoms with van der Waals surface area (Å²) < 4.78 is 11.2. The van der Waals surface area contributed by atoms with Crippen LogP contribution >= 0.6 is 0 Å². The molecule has 1 aliphatic rings. The van der Waals surface area contributed by atoms with Gasteiger partial charge >= 0.3 is 0 Å². The van der Waals surface area contributed by atoms with Crippen LogP contribution in [0.3, 0.4) is 0 Å². The maximum absolute atomic E-state index is 9.51. The van der Waals surface area contributed by atoms with Crippen molar-refractivity contribution in [3.8, 4) is 23.0 Å². The lowest BCUT2D eigenvalue weighted by Gasteiger charge is -2.21. The van der Waals surface area contributed by atoms with Gasteiger partial charge in [0.05, 0.1) is 18.9 Å². The smallest absolute Gasteiger partial charge is 0.276 e. The molecule has 0 aliphatic heterocycles. The van der Waals surface area contributed by atoms with E-state index in [0.717, 1.165) is 28.6 Å². The van der Waals surface area contributed by atoms with Crippen molar-refractivity contribution in [2.45, 2.75) is 12.0 Å². The summed E-state index contributed by atoms with van der Waals surface area (Å²) in [6.07, 6.45) is 8.76. The van der Waals surface area contributed by atoms with E-state index in [1.54, 1.807) is 12.1 Å². The number of pyridine rings is 1. The molecule has 1 aliphatic carbocycles. The molecule has 0 spiro atoms. The molecule has 3 aromatic heterocycles. The van der Waals surface area contributed by atoms with Crippen LogP contribution in [0.5, 0.6) is 0 Å². The minimum Gasteiger partial charge on any atom is -0.459 e. The Morgan fingerprint density at radius 2 is 1.90 bits per heavy atom. The second kappa shape index (κ2) is 7.59. The lowest BCUT2D eigenvalue weighted by atomic mass is 10.00. The number of aliphatic hydroxyl groups is 2. The third-order valence-electron chi connectivity index (χ3n) is 5.25. The summed E-state index contributed by atoms with van der Waals surface area (Å²) in [4.78, 5) is 9.11. The standard InChI is InChI=1S/C23H20N4O4/c24-23(12-28,13-29)20-11-16-10-15(6-7-19(16)30-20)21-26-22(31-27-21)18-9-14-4-2-1-3-5-17(8-14)25-18/h1-3,5-11,28-29H,4,12-13,24H2. The zero-order valence-electron chi connectivity index (χ0n) is 16.5. The minimum absolute atomic E-state index is 0.301. The van der Waals surface area contributed by atoms with E-state index < -0.39 is 18.8 Å². The number of hydrogen-bond donors (Lipinski definition) is 3. The molecule has 0 atom stereocenters. The Balaban J connectivity index is 1.49. The molecular formula is C23H20N4O4. The average molecular weight is 416 g/mol. The number of allylic oxidation sites excluding steroid dienone is 3. The summed E-state index contributed by atoms with van der Waals surface area (Å²) in [5, 5.41) is 23.9. The molecule has 5 rings (SSSR count). The highest BCUT2D eigenvalue weighted by Gasteiger charge is 2.30. The topological polar surface area (TPSA) is 131 Å². The van der Waals surface area contributed by atoms with E-state index in [0.29, 0.717) is 28.8 Å². The summed E-state index contributed by atoms with van der Waals surface area (Å²) >= 11 is 0. The van der Waals surface area contributed by atoms with Gasteiger partial charge in [0, 0.05) is 10.9 Å². The van der Waals surface area contributed by atoms with Crippen LogP contribution in [-0.2, 0) is 12.0 Å². The van der Waals surface area contributed by atoms with Gasteiger partial charge in [-0.3, -0.25) is 0 Å². The first-order chi connectivity index (χ1) is 15.1. The zero-order chi connectivity index (χ0) is 21.4. The third kappa shape index (κ3) is 3.57. The quantitative estimate of drug-likeness (QED) is 0.453. The van der Waals surface area contributed by atoms with Gasteiger partial charge in [-0.2, -0.15) is 4.98 Å². The first-order valence-electron chi connectivity index (χ1n) is 9.81. The summed E-state index contributed by atoms with van der Waals surface area (Å²) in [6, 6.07) is 11.1. The summed E-state index contributed by atoms with van der Waals surface area (Å²) in [6.45, 7) is -0.882. The third-order valence-corrected chi connectivity index (χ3v) is 5.25. The molecule has 8 heteroatoms. The van der Waals surface area contributed by atoms with Crippen LogP contribution in [-0.4, -0.2) is 38.6 Å². The van der Waals surface area contributed by atoms with Crippen molar-refractivity contribution >= 4 is 17.0 Å². The molecule has 0 saturated heterocycles. The molecule has 0 fully saturated rings. The Morgan fingerprint density at radius 3 is 2.74 bits per heavy atom. The number of nitrogens with two attached hydrogens (primary N) is 1. The fraction of sp³-hybridized carbons (Fsp3) is 0.174. The van der Waals surface area contributed by atoms with Crippen LogP contribution in [0.1, 0.15) is 17.0 Å². The molecule has 0 unspecified atom stereocenters. The van der Waals surface area contributed by atoms with Crippen LogP contribution in [0, 0.1) is 0 Å². The highest BCUT2D eigenvalue weighted by Crippen LogP contribution is 2.30. The van der Waals surface area contributed by atoms with E-state index in [4.69, 9.17) is 14.7 Å². The monoisotopic (exact) mass is 416 g/mol. The molecule has 4 aromatic rings. The van der Waals surface area contributed by atoms with E-state index >= 15 is 0 Å². The van der Waals surface area contributed by atoms with Gasteiger partial charge in [-0.1, -0.05) is 23.4 Å². The van der Waals surface area contributed by atoms with Crippen LogP contribution in [0.25, 0.3) is 40.0 Å². The van der Waals surface area contributed by atoms with E-state index in [2.05, 4.69) is 21.2 Å². The molecule has 1 aromatic carbocycles. The van der Waals surface area contributed by atoms with Crippen LogP contribution in [0.15, 0.2) is 63.6 Å². The normalized spacial score (nSPS) is 13.5. The van der Waals surface area contributed by atoms with Crippen molar-refractivity contribution in [1.82, 2.24) is 15.1 Å². The first-order valence-corrected chi connectivity index (χ1v) is 9.81. The molecule has 0 radical (unpaired) electrons. The molecular weight excluding hydrogens is 396 g/mol. The Bertz CT molecular complexity index is 1310. The highest BCUT2D eigenvalue weighted by atomic mass is 16.5. The zero-order valence-corrected chi connectivity index (χ0v) is 16.5. The SMILES string of the molecule is NC(CO)(CO)c1cc2cc(-c3noc(-c4cc5cc(n4)C=CC=CC5)n3)ccc2o1. The second-order valence-corrected chi connectivity index (χ2v) is 7.54. The van der Waals surface area contributed by atoms with Crippen LogP contribution in [0.2, 0.25) is 0 Å². The van der Waals surface area contributed by atoms with E-state index in [9.17, 15) is 10.2 Å². The second-order valence-electron chi connectivity index (χ2n) is 7.54. The van der Waals surface area contributed by atoms with Gasteiger partial charge in [0.2, 0.25) is 5.82 Å². The Labute approximate surface area is 177 Å².